The second-order valence-corrected chi connectivity index (χ2v) is 4.82. The molecule has 0 aliphatic heterocycles. The third kappa shape index (κ3) is 3.23. The number of carbonyl (C=O) groups is 1. The summed E-state index contributed by atoms with van der Waals surface area (Å²) in [5, 5.41) is 16.4. The van der Waals surface area contributed by atoms with Crippen molar-refractivity contribution in [3.05, 3.63) is 41.2 Å². The molecule has 0 aliphatic rings. The molecule has 1 heterocycles. The van der Waals surface area contributed by atoms with E-state index in [1.165, 1.54) is 6.07 Å². The zero-order valence-electron chi connectivity index (χ0n) is 10.1. The van der Waals surface area contributed by atoms with Crippen LogP contribution in [-0.4, -0.2) is 31.7 Å². The molecule has 0 radical (unpaired) electrons. The van der Waals surface area contributed by atoms with Crippen LogP contribution in [0.5, 0.6) is 0 Å². The predicted molar refractivity (Wildman–Crippen MR) is 67.7 cm³/mol. The highest BCUT2D eigenvalue weighted by Crippen LogP contribution is 2.17. The SMILES string of the molecule is Nn1c(Cc2ccc(F)c(F)c2)nnc1SCC(=O)O. The smallest absolute Gasteiger partial charge is 0.313 e. The van der Waals surface area contributed by atoms with E-state index >= 15 is 0 Å². The maximum Gasteiger partial charge on any atom is 0.313 e. The molecule has 0 bridgehead atoms. The van der Waals surface area contributed by atoms with Gasteiger partial charge in [0.1, 0.15) is 0 Å². The molecule has 1 aromatic heterocycles. The van der Waals surface area contributed by atoms with Crippen molar-refractivity contribution in [1.29, 1.82) is 0 Å². The third-order valence-electron chi connectivity index (χ3n) is 2.41. The molecule has 6 nitrogen and oxygen atoms in total. The number of carboxylic acid groups (broad SMARTS) is 1. The van der Waals surface area contributed by atoms with E-state index in [4.69, 9.17) is 10.9 Å². The van der Waals surface area contributed by atoms with Gasteiger partial charge in [-0.2, -0.15) is 0 Å². The summed E-state index contributed by atoms with van der Waals surface area (Å²) in [6.07, 6.45) is 0.161. The maximum atomic E-state index is 13.1. The molecule has 0 aliphatic carbocycles. The quantitative estimate of drug-likeness (QED) is 0.633. The molecule has 0 spiro atoms. The van der Waals surface area contributed by atoms with Gasteiger partial charge >= 0.3 is 5.97 Å². The lowest BCUT2D eigenvalue weighted by atomic mass is 10.1. The number of aliphatic carboxylic acids is 1. The first-order valence-electron chi connectivity index (χ1n) is 5.45. The molecule has 0 fully saturated rings. The number of benzene rings is 1. The summed E-state index contributed by atoms with van der Waals surface area (Å²) < 4.78 is 27.0. The Hall–Kier alpha value is -2.16. The normalized spacial score (nSPS) is 10.7. The molecule has 0 saturated heterocycles. The van der Waals surface area contributed by atoms with Crippen LogP contribution in [0.1, 0.15) is 11.4 Å². The lowest BCUT2D eigenvalue weighted by Gasteiger charge is -2.03. The molecule has 2 aromatic rings. The molecule has 0 saturated carbocycles. The van der Waals surface area contributed by atoms with E-state index in [0.717, 1.165) is 28.6 Å². The van der Waals surface area contributed by atoms with Crippen LogP contribution < -0.4 is 5.84 Å². The highest BCUT2D eigenvalue weighted by atomic mass is 32.2. The Labute approximate surface area is 116 Å². The van der Waals surface area contributed by atoms with Crippen molar-refractivity contribution in [2.45, 2.75) is 11.6 Å². The van der Waals surface area contributed by atoms with Crippen LogP contribution in [0, 0.1) is 11.6 Å². The van der Waals surface area contributed by atoms with E-state index in [0.29, 0.717) is 11.4 Å². The lowest BCUT2D eigenvalue weighted by molar-refractivity contribution is -0.133. The van der Waals surface area contributed by atoms with E-state index in [9.17, 15) is 13.6 Å². The van der Waals surface area contributed by atoms with Crippen molar-refractivity contribution in [2.24, 2.45) is 0 Å². The largest absolute Gasteiger partial charge is 0.481 e. The van der Waals surface area contributed by atoms with Crippen LogP contribution in [0.4, 0.5) is 8.78 Å². The fraction of sp³-hybridized carbons (Fsp3) is 0.182. The van der Waals surface area contributed by atoms with Crippen LogP contribution in [0.25, 0.3) is 0 Å². The summed E-state index contributed by atoms with van der Waals surface area (Å²) >= 11 is 0.923. The first-order valence-corrected chi connectivity index (χ1v) is 6.44. The number of rotatable bonds is 5. The van der Waals surface area contributed by atoms with Crippen LogP contribution in [0.15, 0.2) is 23.4 Å². The van der Waals surface area contributed by atoms with Crippen molar-refractivity contribution in [3.63, 3.8) is 0 Å². The summed E-state index contributed by atoms with van der Waals surface area (Å²) in [6.45, 7) is 0. The van der Waals surface area contributed by atoms with Crippen LogP contribution in [0.3, 0.4) is 0 Å². The Morgan fingerprint density at radius 1 is 1.35 bits per heavy atom. The van der Waals surface area contributed by atoms with Gasteiger partial charge in [-0.3, -0.25) is 4.79 Å². The molecule has 9 heteroatoms. The number of hydrogen-bond acceptors (Lipinski definition) is 5. The standard InChI is InChI=1S/C11H10F2N4O2S/c12-7-2-1-6(3-8(7)13)4-9-15-16-11(17(9)14)20-5-10(18)19/h1-3H,4-5,14H2,(H,18,19). The summed E-state index contributed by atoms with van der Waals surface area (Å²) in [4.78, 5) is 10.5. The molecule has 2 rings (SSSR count). The van der Waals surface area contributed by atoms with Gasteiger partial charge in [-0.25, -0.2) is 13.5 Å². The van der Waals surface area contributed by atoms with E-state index in [2.05, 4.69) is 10.2 Å². The number of nitrogens with two attached hydrogens (primary N) is 1. The highest BCUT2D eigenvalue weighted by Gasteiger charge is 2.13. The van der Waals surface area contributed by atoms with Crippen LogP contribution >= 0.6 is 11.8 Å². The number of thioether (sulfide) groups is 1. The minimum Gasteiger partial charge on any atom is -0.481 e. The van der Waals surface area contributed by atoms with Crippen molar-refractivity contribution in [1.82, 2.24) is 14.9 Å². The number of halogens is 2. The third-order valence-corrected chi connectivity index (χ3v) is 3.33. The van der Waals surface area contributed by atoms with Gasteiger partial charge in [0.2, 0.25) is 5.16 Å². The highest BCUT2D eigenvalue weighted by molar-refractivity contribution is 7.99. The number of hydrogen-bond donors (Lipinski definition) is 2. The average Bonchev–Trinajstić information content (AvgIpc) is 2.73. The molecule has 0 unspecified atom stereocenters. The van der Waals surface area contributed by atoms with Gasteiger partial charge in [0.15, 0.2) is 17.5 Å². The molecule has 106 valence electrons. The Balaban J connectivity index is 2.13. The average molecular weight is 300 g/mol. The molecular formula is C11H10F2N4O2S. The maximum absolute atomic E-state index is 13.1. The van der Waals surface area contributed by atoms with Gasteiger partial charge < -0.3 is 10.9 Å². The van der Waals surface area contributed by atoms with E-state index < -0.39 is 17.6 Å². The first kappa shape index (κ1) is 14.3. The minimum absolute atomic E-state index is 0.161. The Kier molecular flexibility index (Phi) is 4.18. The number of nitrogen functional groups attached to an aromatic ring is 1. The lowest BCUT2D eigenvalue weighted by Crippen LogP contribution is -2.15. The number of carboxylic acids is 1. The molecule has 0 amide bonds. The summed E-state index contributed by atoms with van der Waals surface area (Å²) in [5.41, 5.74) is 0.484. The minimum atomic E-state index is -1.000. The Morgan fingerprint density at radius 3 is 2.75 bits per heavy atom. The van der Waals surface area contributed by atoms with Crippen LogP contribution in [-0.2, 0) is 11.2 Å². The summed E-state index contributed by atoms with van der Waals surface area (Å²) in [7, 11) is 0. The molecule has 0 atom stereocenters. The van der Waals surface area contributed by atoms with Gasteiger partial charge in [0, 0.05) is 6.42 Å². The summed E-state index contributed by atoms with van der Waals surface area (Å²) in [6, 6.07) is 3.48. The monoisotopic (exact) mass is 300 g/mol. The van der Waals surface area contributed by atoms with Gasteiger partial charge in [-0.15, -0.1) is 10.2 Å². The van der Waals surface area contributed by atoms with Crippen molar-refractivity contribution in [3.8, 4) is 0 Å². The topological polar surface area (TPSA) is 94.0 Å². The number of aromatic nitrogens is 3. The van der Waals surface area contributed by atoms with Crippen LogP contribution in [0.2, 0.25) is 0 Å². The van der Waals surface area contributed by atoms with Crippen molar-refractivity contribution in [2.75, 3.05) is 11.6 Å². The van der Waals surface area contributed by atoms with E-state index in [-0.39, 0.29) is 17.3 Å². The fourth-order valence-corrected chi connectivity index (χ4v) is 2.08. The Morgan fingerprint density at radius 2 is 2.10 bits per heavy atom. The molecular weight excluding hydrogens is 290 g/mol. The molecule has 3 N–H and O–H groups in total. The Bertz CT molecular complexity index is 647. The van der Waals surface area contributed by atoms with Crippen molar-refractivity contribution >= 4 is 17.7 Å². The first-order chi connectivity index (χ1) is 9.47. The zero-order valence-corrected chi connectivity index (χ0v) is 10.9. The predicted octanol–water partition coefficient (Wildman–Crippen LogP) is 1.04. The number of nitrogens with zero attached hydrogens (tertiary/aromatic N) is 3. The molecule has 1 aromatic carbocycles. The van der Waals surface area contributed by atoms with E-state index in [1.54, 1.807) is 0 Å². The zero-order chi connectivity index (χ0) is 14.7. The summed E-state index contributed by atoms with van der Waals surface area (Å²) in [5.74, 6) is 2.96. The molecule has 20 heavy (non-hydrogen) atoms. The van der Waals surface area contributed by atoms with Gasteiger partial charge in [0.25, 0.3) is 0 Å². The van der Waals surface area contributed by atoms with Gasteiger partial charge in [-0.1, -0.05) is 17.8 Å². The van der Waals surface area contributed by atoms with E-state index in [1.807, 2.05) is 0 Å². The second kappa shape index (κ2) is 5.87. The fourth-order valence-electron chi connectivity index (χ4n) is 1.48. The van der Waals surface area contributed by atoms with Gasteiger partial charge in [0.05, 0.1) is 5.75 Å². The van der Waals surface area contributed by atoms with Crippen molar-refractivity contribution < 1.29 is 18.7 Å². The second-order valence-electron chi connectivity index (χ2n) is 3.88. The van der Waals surface area contributed by atoms with Gasteiger partial charge in [-0.05, 0) is 17.7 Å².